The van der Waals surface area contributed by atoms with Gasteiger partial charge < -0.3 is 19.7 Å². The van der Waals surface area contributed by atoms with Crippen LogP contribution in [0.2, 0.25) is 0 Å². The lowest BCUT2D eigenvalue weighted by molar-refractivity contribution is -0.120. The zero-order valence-corrected chi connectivity index (χ0v) is 19.7. The molecule has 0 bridgehead atoms. The number of ether oxygens (including phenoxy) is 2. The lowest BCUT2D eigenvalue weighted by Gasteiger charge is -2.31. The molecule has 1 amide bonds. The molecule has 10 heteroatoms. The number of alkyl halides is 2. The molecule has 0 radical (unpaired) electrons. The number of piperidine rings is 1. The van der Waals surface area contributed by atoms with Crippen molar-refractivity contribution in [2.45, 2.75) is 76.5 Å². The number of fused-ring (bicyclic) bond motifs is 1. The van der Waals surface area contributed by atoms with Gasteiger partial charge in [-0.3, -0.25) is 4.79 Å². The Hall–Kier alpha value is -2.07. The van der Waals surface area contributed by atoms with Crippen LogP contribution in [0.4, 0.5) is 18.3 Å². The maximum Gasteiger partial charge on any atom is 0.251 e. The number of carbonyl (C=O) groups is 1. The first-order valence-electron chi connectivity index (χ1n) is 11.5. The second-order valence-electron chi connectivity index (χ2n) is 9.02. The number of benzene rings is 1. The molecule has 1 saturated heterocycles. The molecule has 2 aliphatic rings. The summed E-state index contributed by atoms with van der Waals surface area (Å²) in [4.78, 5) is 17.3. The first-order valence-corrected chi connectivity index (χ1v) is 12.3. The summed E-state index contributed by atoms with van der Waals surface area (Å²) in [6.07, 6.45) is 2.73. The van der Waals surface area contributed by atoms with Crippen molar-refractivity contribution >= 4 is 32.6 Å². The number of anilines is 1. The number of nitrogens with one attached hydrogen (secondary N) is 1. The predicted octanol–water partition coefficient (Wildman–Crippen LogP) is 4.90. The summed E-state index contributed by atoms with van der Waals surface area (Å²) in [6.45, 7) is 4.28. The number of carbonyl (C=O) groups excluding carboxylic acids is 1. The highest BCUT2D eigenvalue weighted by atomic mass is 32.1. The van der Waals surface area contributed by atoms with Crippen LogP contribution in [0, 0.1) is 5.82 Å². The van der Waals surface area contributed by atoms with Crippen LogP contribution in [0.25, 0.3) is 10.2 Å². The van der Waals surface area contributed by atoms with Crippen LogP contribution in [-0.2, 0) is 9.53 Å². The molecule has 33 heavy (non-hydrogen) atoms. The minimum absolute atomic E-state index is 0.0389. The molecule has 0 unspecified atom stereocenters. The summed E-state index contributed by atoms with van der Waals surface area (Å²) in [5.74, 6) is -2.95. The van der Waals surface area contributed by atoms with E-state index in [1.165, 1.54) is 18.3 Å². The van der Waals surface area contributed by atoms with Crippen molar-refractivity contribution in [2.75, 3.05) is 24.6 Å². The Balaban J connectivity index is 1.32. The third-order valence-electron chi connectivity index (χ3n) is 6.16. The van der Waals surface area contributed by atoms with Gasteiger partial charge in [0, 0.05) is 38.9 Å². The summed E-state index contributed by atoms with van der Waals surface area (Å²) in [6, 6.07) is 3.29. The second-order valence-corrected chi connectivity index (χ2v) is 9.99. The molecular formula is C23H30F3N3O3S. The maximum atomic E-state index is 15.2. The van der Waals surface area contributed by atoms with Gasteiger partial charge in [0.25, 0.3) is 5.92 Å². The number of halogens is 3. The van der Waals surface area contributed by atoms with Crippen LogP contribution in [-0.4, -0.2) is 54.8 Å². The smallest absolute Gasteiger partial charge is 0.251 e. The van der Waals surface area contributed by atoms with E-state index in [2.05, 4.69) is 10.3 Å². The average molecular weight is 486 g/mol. The Labute approximate surface area is 195 Å². The lowest BCUT2D eigenvalue weighted by atomic mass is 9.95. The van der Waals surface area contributed by atoms with Gasteiger partial charge in [0.2, 0.25) is 5.91 Å². The number of hydrogen-bond acceptors (Lipinski definition) is 6. The minimum atomic E-state index is -2.63. The maximum absolute atomic E-state index is 15.2. The first-order chi connectivity index (χ1) is 15.7. The van der Waals surface area contributed by atoms with E-state index in [9.17, 15) is 13.6 Å². The highest BCUT2D eigenvalue weighted by Crippen LogP contribution is 2.38. The van der Waals surface area contributed by atoms with Gasteiger partial charge in [-0.2, -0.15) is 0 Å². The number of thiazole rings is 1. The van der Waals surface area contributed by atoms with Gasteiger partial charge in [0.1, 0.15) is 0 Å². The normalized spacial score (nSPS) is 24.0. The number of nitrogens with zero attached hydrogens (tertiary/aromatic N) is 2. The molecule has 1 aliphatic carbocycles. The van der Waals surface area contributed by atoms with Crippen LogP contribution >= 0.6 is 11.3 Å². The third-order valence-corrected chi connectivity index (χ3v) is 7.29. The molecule has 1 saturated carbocycles. The van der Waals surface area contributed by atoms with E-state index < -0.39 is 11.7 Å². The summed E-state index contributed by atoms with van der Waals surface area (Å²) >= 11 is 1.19. The average Bonchev–Trinajstić information content (AvgIpc) is 3.20. The molecule has 1 aromatic carbocycles. The van der Waals surface area contributed by atoms with Crippen molar-refractivity contribution < 1.29 is 27.4 Å². The number of rotatable bonds is 7. The standard InChI is InChI=1S/C23H30F3N3O3S/c1-14(27-15(2)30)13-31-16-3-5-17(6-4-16)32-19-8-7-18-21(20(19)24)33-22(28-18)29-11-9-23(25,26)10-12-29/h7-8,14,16-17H,3-6,9-13H2,1-2H3,(H,27,30)/t14-,16?,17?/m0/s1. The summed E-state index contributed by atoms with van der Waals surface area (Å²) < 4.78 is 54.3. The van der Waals surface area contributed by atoms with Crippen molar-refractivity contribution in [3.63, 3.8) is 0 Å². The van der Waals surface area contributed by atoms with Gasteiger partial charge in [-0.1, -0.05) is 11.3 Å². The van der Waals surface area contributed by atoms with Crippen molar-refractivity contribution in [3.05, 3.63) is 17.9 Å². The molecule has 6 nitrogen and oxygen atoms in total. The number of aromatic nitrogens is 1. The van der Waals surface area contributed by atoms with Crippen molar-refractivity contribution in [2.24, 2.45) is 0 Å². The van der Waals surface area contributed by atoms with Gasteiger partial charge in [-0.25, -0.2) is 18.2 Å². The van der Waals surface area contributed by atoms with E-state index in [1.807, 2.05) is 6.92 Å². The molecule has 1 aromatic heterocycles. The summed E-state index contributed by atoms with van der Waals surface area (Å²) in [5.41, 5.74) is 0.516. The monoisotopic (exact) mass is 485 g/mol. The fourth-order valence-corrected chi connectivity index (χ4v) is 5.39. The molecule has 1 atom stereocenters. The van der Waals surface area contributed by atoms with Crippen LogP contribution in [0.15, 0.2) is 12.1 Å². The van der Waals surface area contributed by atoms with E-state index in [-0.39, 0.29) is 55.8 Å². The lowest BCUT2D eigenvalue weighted by Crippen LogP contribution is -2.39. The number of hydrogen-bond donors (Lipinski definition) is 1. The van der Waals surface area contributed by atoms with Gasteiger partial charge in [0.05, 0.1) is 29.0 Å². The molecule has 182 valence electrons. The van der Waals surface area contributed by atoms with Gasteiger partial charge >= 0.3 is 0 Å². The van der Waals surface area contributed by atoms with Crippen molar-refractivity contribution in [3.8, 4) is 5.75 Å². The Morgan fingerprint density at radius 1 is 1.24 bits per heavy atom. The topological polar surface area (TPSA) is 63.7 Å². The highest BCUT2D eigenvalue weighted by molar-refractivity contribution is 7.22. The van der Waals surface area contributed by atoms with Crippen LogP contribution in [0.1, 0.15) is 52.4 Å². The molecule has 4 rings (SSSR count). The van der Waals surface area contributed by atoms with E-state index in [1.54, 1.807) is 17.0 Å². The third kappa shape index (κ3) is 6.09. The zero-order chi connectivity index (χ0) is 23.6. The van der Waals surface area contributed by atoms with Crippen molar-refractivity contribution in [1.82, 2.24) is 10.3 Å². The Morgan fingerprint density at radius 2 is 1.91 bits per heavy atom. The molecule has 1 N–H and O–H groups in total. The Morgan fingerprint density at radius 3 is 2.58 bits per heavy atom. The Kier molecular flexibility index (Phi) is 7.33. The minimum Gasteiger partial charge on any atom is -0.487 e. The van der Waals surface area contributed by atoms with E-state index >= 15 is 4.39 Å². The molecule has 2 aromatic rings. The second kappa shape index (κ2) is 10.0. The molecule has 1 aliphatic heterocycles. The fourth-order valence-electron chi connectivity index (χ4n) is 4.35. The van der Waals surface area contributed by atoms with Crippen LogP contribution < -0.4 is 15.0 Å². The predicted molar refractivity (Wildman–Crippen MR) is 122 cm³/mol. The fraction of sp³-hybridized carbons (Fsp3) is 0.652. The van der Waals surface area contributed by atoms with Gasteiger partial charge in [-0.15, -0.1) is 0 Å². The van der Waals surface area contributed by atoms with Crippen LogP contribution in [0.5, 0.6) is 5.75 Å². The zero-order valence-electron chi connectivity index (χ0n) is 18.9. The van der Waals surface area contributed by atoms with E-state index in [0.717, 1.165) is 25.7 Å². The molecule has 0 spiro atoms. The molecular weight excluding hydrogens is 455 g/mol. The molecule has 2 fully saturated rings. The van der Waals surface area contributed by atoms with Gasteiger partial charge in [-0.05, 0) is 44.7 Å². The quantitative estimate of drug-likeness (QED) is 0.604. The largest absolute Gasteiger partial charge is 0.487 e. The highest BCUT2D eigenvalue weighted by Gasteiger charge is 2.35. The molecule has 2 heterocycles. The summed E-state index contributed by atoms with van der Waals surface area (Å²) in [7, 11) is 0. The number of amides is 1. The van der Waals surface area contributed by atoms with Crippen molar-refractivity contribution in [1.29, 1.82) is 0 Å². The van der Waals surface area contributed by atoms with Crippen LogP contribution in [0.3, 0.4) is 0 Å². The van der Waals surface area contributed by atoms with E-state index in [4.69, 9.17) is 9.47 Å². The first kappa shape index (κ1) is 24.1. The summed E-state index contributed by atoms with van der Waals surface area (Å²) in [5, 5.41) is 3.37. The Bertz CT molecular complexity index is 969. The SMILES string of the molecule is CC(=O)N[C@@H](C)COC1CCC(Oc2ccc3nc(N4CCC(F)(F)CC4)sc3c2F)CC1. The van der Waals surface area contributed by atoms with Gasteiger partial charge in [0.15, 0.2) is 16.7 Å². The van der Waals surface area contributed by atoms with E-state index in [0.29, 0.717) is 22.0 Å².